The van der Waals surface area contributed by atoms with Gasteiger partial charge in [-0.3, -0.25) is 9.80 Å². The first-order valence-corrected chi connectivity index (χ1v) is 21.0. The molecular weight excluding hydrogens is 813 g/mol. The Bertz CT molecular complexity index is 2540. The normalized spacial score (nSPS) is 15.0. The Morgan fingerprint density at radius 3 is 1.56 bits per heavy atom. The maximum atomic E-state index is 12.9. The van der Waals surface area contributed by atoms with Crippen LogP contribution in [0.3, 0.4) is 0 Å². The molecule has 2 amide bonds. The Kier molecular flexibility index (Phi) is 12.9. The number of carboxylic acid groups (broad SMARTS) is 1. The average Bonchev–Trinajstić information content (AvgIpc) is 3.95. The highest BCUT2D eigenvalue weighted by molar-refractivity contribution is 5.85. The molecule has 2 atom stereocenters. The molecule has 1 heterocycles. The van der Waals surface area contributed by atoms with Crippen molar-refractivity contribution in [1.29, 1.82) is 0 Å². The maximum Gasteiger partial charge on any atom is 0.413 e. The lowest BCUT2D eigenvalue weighted by atomic mass is 9.98. The Morgan fingerprint density at radius 1 is 0.641 bits per heavy atom. The third-order valence-corrected chi connectivity index (χ3v) is 11.7. The van der Waals surface area contributed by atoms with Gasteiger partial charge in [-0.1, -0.05) is 121 Å². The zero-order chi connectivity index (χ0) is 44.7. The maximum absolute atomic E-state index is 12.9. The van der Waals surface area contributed by atoms with Crippen LogP contribution in [0.4, 0.5) is 9.59 Å². The van der Waals surface area contributed by atoms with Gasteiger partial charge in [-0.25, -0.2) is 19.2 Å². The van der Waals surface area contributed by atoms with Crippen LogP contribution in [0.2, 0.25) is 0 Å². The topological polar surface area (TPSA) is 141 Å². The Hall–Kier alpha value is -7.60. The van der Waals surface area contributed by atoms with Crippen LogP contribution < -0.4 is 9.47 Å². The molecule has 0 unspecified atom stereocenters. The fraction of sp³-hybridized carbons (Fsp3) is 0.231. The molecule has 1 N–H and O–H groups in total. The molecule has 1 aliphatic heterocycles. The predicted molar refractivity (Wildman–Crippen MR) is 239 cm³/mol. The lowest BCUT2D eigenvalue weighted by Gasteiger charge is -2.25. The van der Waals surface area contributed by atoms with Gasteiger partial charge in [0.15, 0.2) is 18.8 Å². The van der Waals surface area contributed by atoms with Crippen molar-refractivity contribution in [3.05, 3.63) is 179 Å². The summed E-state index contributed by atoms with van der Waals surface area (Å²) in [5, 5.41) is 9.64. The van der Waals surface area contributed by atoms with Crippen molar-refractivity contribution in [2.24, 2.45) is 0 Å². The van der Waals surface area contributed by atoms with E-state index in [-0.39, 0.29) is 45.0 Å². The fourth-order valence-corrected chi connectivity index (χ4v) is 8.39. The van der Waals surface area contributed by atoms with Crippen molar-refractivity contribution in [3.63, 3.8) is 0 Å². The van der Waals surface area contributed by atoms with Crippen LogP contribution in [-0.4, -0.2) is 91.3 Å². The van der Waals surface area contributed by atoms with Gasteiger partial charge in [0.25, 0.3) is 0 Å². The van der Waals surface area contributed by atoms with Crippen molar-refractivity contribution < 1.29 is 48.0 Å². The zero-order valence-corrected chi connectivity index (χ0v) is 35.7. The van der Waals surface area contributed by atoms with Gasteiger partial charge in [-0.15, -0.1) is 0 Å². The second kappa shape index (κ2) is 19.2. The summed E-state index contributed by atoms with van der Waals surface area (Å²) in [5.41, 5.74) is 11.1. The number of hydrogen-bond donors (Lipinski definition) is 1. The van der Waals surface area contributed by atoms with E-state index in [0.717, 1.165) is 60.5 Å². The number of nitrogens with zero attached hydrogens (tertiary/aromatic N) is 2. The minimum atomic E-state index is -1.17. The number of carboxylic acids is 1. The van der Waals surface area contributed by atoms with E-state index >= 15 is 0 Å². The van der Waals surface area contributed by atoms with Gasteiger partial charge in [0.2, 0.25) is 0 Å². The molecule has 12 nitrogen and oxygen atoms in total. The van der Waals surface area contributed by atoms with Gasteiger partial charge in [0.05, 0.1) is 0 Å². The molecule has 0 radical (unpaired) electrons. The predicted octanol–water partition coefficient (Wildman–Crippen LogP) is 9.22. The molecule has 1 saturated heterocycles. The number of esters is 1. The standard InChI is InChI=1S/C26H23NO5.C26H25NO5/c1-17-7-6-8-18(13-17)30-15-24-25(28)32-16-27(24)26(29)31-14-23-21-11-4-2-9-19(21)20-10-3-5-12-22(20)23;1-17-8-7-9-18(14-17)31-16-24(25(28)29)27(2)26(30)32-15-23-21-12-5-3-10-19(21)20-11-4-6-13-22(20)23/h2-13,23-24H,14-16H2,1H3;3-14,23-24H,15-16H2,1-2H3,(H,28,29)/t2*24-/m00/s1. The van der Waals surface area contributed by atoms with Crippen LogP contribution in [0.15, 0.2) is 146 Å². The number of carbonyl (C=O) groups is 4. The SMILES string of the molecule is Cc1cccc(OC[C@@H](C(=O)O)N(C)C(=O)OCC2c3ccccc3-c3ccccc32)c1.Cc1cccc(OC[C@H]2C(=O)OCN2C(=O)OCC2c3ccccc3-c3ccccc32)c1. The van der Waals surface area contributed by atoms with Crippen molar-refractivity contribution in [3.8, 4) is 33.8 Å². The van der Waals surface area contributed by atoms with E-state index in [4.69, 9.17) is 23.7 Å². The Morgan fingerprint density at radius 2 is 1.09 bits per heavy atom. The molecule has 6 aromatic rings. The first kappa shape index (κ1) is 43.1. The number of benzene rings is 6. The lowest BCUT2D eigenvalue weighted by molar-refractivity contribution is -0.143. The minimum Gasteiger partial charge on any atom is -0.491 e. The molecule has 64 heavy (non-hydrogen) atoms. The average molecular weight is 861 g/mol. The summed E-state index contributed by atoms with van der Waals surface area (Å²) >= 11 is 0. The van der Waals surface area contributed by atoms with Crippen molar-refractivity contribution >= 4 is 24.1 Å². The number of ether oxygens (including phenoxy) is 5. The molecule has 326 valence electrons. The summed E-state index contributed by atoms with van der Waals surface area (Å²) in [5.74, 6) is -0.603. The lowest BCUT2D eigenvalue weighted by Crippen LogP contribution is -2.46. The second-order valence-corrected chi connectivity index (χ2v) is 15.9. The van der Waals surface area contributed by atoms with Gasteiger partial charge in [-0.2, -0.15) is 0 Å². The van der Waals surface area contributed by atoms with Crippen LogP contribution in [0, 0.1) is 13.8 Å². The fourth-order valence-electron chi connectivity index (χ4n) is 8.39. The van der Waals surface area contributed by atoms with Crippen LogP contribution in [0.5, 0.6) is 11.5 Å². The van der Waals surface area contributed by atoms with Crippen molar-refractivity contribution in [2.45, 2.75) is 37.8 Å². The first-order valence-electron chi connectivity index (χ1n) is 21.0. The molecule has 3 aliphatic rings. The largest absolute Gasteiger partial charge is 0.491 e. The molecule has 0 saturated carbocycles. The van der Waals surface area contributed by atoms with E-state index in [1.807, 2.05) is 117 Å². The van der Waals surface area contributed by atoms with E-state index < -0.39 is 36.2 Å². The van der Waals surface area contributed by atoms with Crippen LogP contribution in [0.25, 0.3) is 22.3 Å². The van der Waals surface area contributed by atoms with Gasteiger partial charge in [0.1, 0.15) is 37.9 Å². The molecule has 0 aromatic heterocycles. The first-order chi connectivity index (χ1) is 31.1. The number of aryl methyl sites for hydroxylation is 2. The van der Waals surface area contributed by atoms with E-state index in [1.165, 1.54) is 11.9 Å². The third kappa shape index (κ3) is 9.26. The number of hydrogen-bond acceptors (Lipinski definition) is 9. The summed E-state index contributed by atoms with van der Waals surface area (Å²) in [6.45, 7) is 3.87. The smallest absolute Gasteiger partial charge is 0.413 e. The van der Waals surface area contributed by atoms with Gasteiger partial charge in [-0.05, 0) is 93.7 Å². The number of likely N-dealkylation sites (N-methyl/N-ethyl adjacent to an activating group) is 1. The highest BCUT2D eigenvalue weighted by atomic mass is 16.6. The van der Waals surface area contributed by atoms with Crippen LogP contribution >= 0.6 is 0 Å². The summed E-state index contributed by atoms with van der Waals surface area (Å²) in [7, 11) is 1.41. The van der Waals surface area contributed by atoms with Crippen molar-refractivity contribution in [2.75, 3.05) is 40.2 Å². The summed E-state index contributed by atoms with van der Waals surface area (Å²) in [6, 6.07) is 45.2. The number of rotatable bonds is 12. The molecule has 0 bridgehead atoms. The number of carbonyl (C=O) groups excluding carboxylic acids is 3. The highest BCUT2D eigenvalue weighted by Gasteiger charge is 2.40. The molecule has 0 spiro atoms. The van der Waals surface area contributed by atoms with E-state index in [9.17, 15) is 24.3 Å². The third-order valence-electron chi connectivity index (χ3n) is 11.7. The molecule has 9 rings (SSSR count). The minimum absolute atomic E-state index is 0.00643. The second-order valence-electron chi connectivity index (χ2n) is 15.9. The Labute approximate surface area is 371 Å². The molecule has 6 aromatic carbocycles. The van der Waals surface area contributed by atoms with Gasteiger partial charge < -0.3 is 28.8 Å². The van der Waals surface area contributed by atoms with Crippen LogP contribution in [-0.2, 0) is 23.8 Å². The quantitative estimate of drug-likeness (QED) is 0.0936. The number of fused-ring (bicyclic) bond motifs is 6. The molecule has 2 aliphatic carbocycles. The Balaban J connectivity index is 0.000000175. The number of cyclic esters (lactones) is 1. The highest BCUT2D eigenvalue weighted by Crippen LogP contribution is 2.46. The summed E-state index contributed by atoms with van der Waals surface area (Å²) < 4.78 is 27.7. The van der Waals surface area contributed by atoms with E-state index in [0.29, 0.717) is 11.5 Å². The van der Waals surface area contributed by atoms with Crippen LogP contribution in [0.1, 0.15) is 45.2 Å². The van der Waals surface area contributed by atoms with Crippen molar-refractivity contribution in [1.82, 2.24) is 9.80 Å². The molecule has 1 fully saturated rings. The number of amides is 2. The number of aliphatic carboxylic acids is 1. The summed E-state index contributed by atoms with van der Waals surface area (Å²) in [6.07, 6.45) is -1.29. The monoisotopic (exact) mass is 860 g/mol. The summed E-state index contributed by atoms with van der Waals surface area (Å²) in [4.78, 5) is 51.9. The van der Waals surface area contributed by atoms with E-state index in [2.05, 4.69) is 36.4 Å². The zero-order valence-electron chi connectivity index (χ0n) is 35.7. The molecule has 12 heteroatoms. The van der Waals surface area contributed by atoms with Gasteiger partial charge >= 0.3 is 24.1 Å². The van der Waals surface area contributed by atoms with E-state index in [1.54, 1.807) is 6.07 Å². The van der Waals surface area contributed by atoms with Gasteiger partial charge in [0, 0.05) is 18.9 Å². The molecular formula is C52H48N2O10.